The molecule has 3 nitrogen and oxygen atoms in total. The zero-order valence-corrected chi connectivity index (χ0v) is 17.0. The molecular formula is C27H22O3. The predicted molar refractivity (Wildman–Crippen MR) is 120 cm³/mol. The van der Waals surface area contributed by atoms with Gasteiger partial charge in [-0.05, 0) is 36.1 Å². The van der Waals surface area contributed by atoms with E-state index in [0.717, 1.165) is 33.4 Å². The van der Waals surface area contributed by atoms with Crippen LogP contribution in [0.4, 0.5) is 4.79 Å². The van der Waals surface area contributed by atoms with Gasteiger partial charge in [-0.3, -0.25) is 0 Å². The molecule has 0 unspecified atom stereocenters. The van der Waals surface area contributed by atoms with Crippen molar-refractivity contribution in [2.24, 2.45) is 0 Å². The van der Waals surface area contributed by atoms with Crippen LogP contribution in [-0.2, 0) is 0 Å². The Morgan fingerprint density at radius 3 is 1.47 bits per heavy atom. The van der Waals surface area contributed by atoms with E-state index in [-0.39, 0.29) is 0 Å². The molecule has 0 heterocycles. The number of ether oxygens (including phenoxy) is 2. The Labute approximate surface area is 176 Å². The first-order valence-electron chi connectivity index (χ1n) is 9.83. The van der Waals surface area contributed by atoms with E-state index in [1.807, 2.05) is 111 Å². The van der Waals surface area contributed by atoms with Crippen LogP contribution >= 0.6 is 0 Å². The van der Waals surface area contributed by atoms with E-state index in [1.165, 1.54) is 0 Å². The summed E-state index contributed by atoms with van der Waals surface area (Å²) >= 11 is 0. The van der Waals surface area contributed by atoms with Gasteiger partial charge in [0.15, 0.2) is 0 Å². The molecule has 0 bridgehead atoms. The molecule has 4 aromatic rings. The van der Waals surface area contributed by atoms with Crippen LogP contribution < -0.4 is 9.47 Å². The Hall–Kier alpha value is -3.85. The van der Waals surface area contributed by atoms with Crippen LogP contribution in [-0.4, -0.2) is 6.16 Å². The summed E-state index contributed by atoms with van der Waals surface area (Å²) in [7, 11) is 0. The van der Waals surface area contributed by atoms with E-state index in [0.29, 0.717) is 11.5 Å². The molecule has 0 aliphatic heterocycles. The van der Waals surface area contributed by atoms with Crippen molar-refractivity contribution in [1.82, 2.24) is 0 Å². The van der Waals surface area contributed by atoms with Crippen LogP contribution in [0.15, 0.2) is 97.1 Å². The Morgan fingerprint density at radius 2 is 0.967 bits per heavy atom. The molecule has 0 amide bonds. The molecule has 3 heteroatoms. The van der Waals surface area contributed by atoms with Crippen LogP contribution in [0.25, 0.3) is 22.3 Å². The first kappa shape index (κ1) is 19.5. The van der Waals surface area contributed by atoms with Crippen molar-refractivity contribution in [1.29, 1.82) is 0 Å². The summed E-state index contributed by atoms with van der Waals surface area (Å²) in [5.41, 5.74) is 5.35. The van der Waals surface area contributed by atoms with E-state index in [9.17, 15) is 4.79 Å². The van der Waals surface area contributed by atoms with Crippen molar-refractivity contribution in [2.45, 2.75) is 13.8 Å². The number of carbonyl (C=O) groups excluding carboxylic acids is 1. The molecule has 0 aliphatic carbocycles. The third kappa shape index (κ3) is 4.11. The topological polar surface area (TPSA) is 35.5 Å². The average molecular weight is 394 g/mol. The molecule has 4 aromatic carbocycles. The number of hydrogen-bond acceptors (Lipinski definition) is 3. The minimum Gasteiger partial charge on any atom is -0.394 e. The SMILES string of the molecule is Cc1cccc(C)c1OC(=O)Oc1c(-c2ccccc2)cccc1-c1ccccc1. The van der Waals surface area contributed by atoms with Crippen molar-refractivity contribution in [3.05, 3.63) is 108 Å². The van der Waals surface area contributed by atoms with Crippen LogP contribution in [0.3, 0.4) is 0 Å². The Bertz CT molecular complexity index is 1090. The third-order valence-electron chi connectivity index (χ3n) is 4.96. The van der Waals surface area contributed by atoms with Gasteiger partial charge in [-0.2, -0.15) is 0 Å². The standard InChI is InChI=1S/C27H22O3/c1-19-11-9-12-20(2)25(19)29-27(28)30-26-23(21-13-5-3-6-14-21)17-10-18-24(26)22-15-7-4-8-16-22/h3-18H,1-2H3. The lowest BCUT2D eigenvalue weighted by atomic mass is 9.97. The van der Waals surface area contributed by atoms with E-state index < -0.39 is 6.16 Å². The molecule has 4 rings (SSSR count). The van der Waals surface area contributed by atoms with Crippen LogP contribution in [0.5, 0.6) is 11.5 Å². The highest BCUT2D eigenvalue weighted by atomic mass is 16.7. The summed E-state index contributed by atoms with van der Waals surface area (Å²) in [6, 6.07) is 31.3. The van der Waals surface area contributed by atoms with E-state index in [2.05, 4.69) is 0 Å². The lowest BCUT2D eigenvalue weighted by Gasteiger charge is -2.16. The Balaban J connectivity index is 1.76. The van der Waals surface area contributed by atoms with Gasteiger partial charge >= 0.3 is 6.16 Å². The number of benzene rings is 4. The summed E-state index contributed by atoms with van der Waals surface area (Å²) in [6.45, 7) is 3.81. The van der Waals surface area contributed by atoms with E-state index in [4.69, 9.17) is 9.47 Å². The number of rotatable bonds is 4. The summed E-state index contributed by atoms with van der Waals surface area (Å²) in [4.78, 5) is 12.8. The third-order valence-corrected chi connectivity index (χ3v) is 4.96. The fraction of sp³-hybridized carbons (Fsp3) is 0.0741. The molecule has 0 N–H and O–H groups in total. The lowest BCUT2D eigenvalue weighted by Crippen LogP contribution is -2.16. The normalized spacial score (nSPS) is 10.5. The summed E-state index contributed by atoms with van der Waals surface area (Å²) in [5, 5.41) is 0. The zero-order chi connectivity index (χ0) is 20.9. The molecule has 0 aliphatic rings. The number of para-hydroxylation sites is 2. The molecule has 0 saturated heterocycles. The molecule has 0 aromatic heterocycles. The second kappa shape index (κ2) is 8.66. The van der Waals surface area contributed by atoms with Crippen molar-refractivity contribution < 1.29 is 14.3 Å². The predicted octanol–water partition coefficient (Wildman–Crippen LogP) is 7.22. The molecule has 0 fully saturated rings. The minimum absolute atomic E-state index is 0.478. The first-order valence-corrected chi connectivity index (χ1v) is 9.83. The number of carbonyl (C=O) groups is 1. The van der Waals surface area contributed by atoms with Crippen molar-refractivity contribution in [3.8, 4) is 33.8 Å². The van der Waals surface area contributed by atoms with Gasteiger partial charge in [0.1, 0.15) is 11.5 Å². The van der Waals surface area contributed by atoms with Gasteiger partial charge in [0.05, 0.1) is 0 Å². The van der Waals surface area contributed by atoms with E-state index in [1.54, 1.807) is 0 Å². The van der Waals surface area contributed by atoms with Crippen molar-refractivity contribution in [3.63, 3.8) is 0 Å². The van der Waals surface area contributed by atoms with Gasteiger partial charge in [-0.1, -0.05) is 97.1 Å². The maximum atomic E-state index is 12.8. The second-order valence-electron chi connectivity index (χ2n) is 7.09. The lowest BCUT2D eigenvalue weighted by molar-refractivity contribution is 0.151. The maximum Gasteiger partial charge on any atom is 0.519 e. The van der Waals surface area contributed by atoms with Gasteiger partial charge in [-0.25, -0.2) is 4.79 Å². The number of aryl methyl sites for hydroxylation is 2. The summed E-state index contributed by atoms with van der Waals surface area (Å²) < 4.78 is 11.4. The van der Waals surface area contributed by atoms with Gasteiger partial charge in [0, 0.05) is 11.1 Å². The molecule has 30 heavy (non-hydrogen) atoms. The monoisotopic (exact) mass is 394 g/mol. The smallest absolute Gasteiger partial charge is 0.394 e. The van der Waals surface area contributed by atoms with Gasteiger partial charge in [0.2, 0.25) is 0 Å². The summed E-state index contributed by atoms with van der Waals surface area (Å²) in [6.07, 6.45) is -0.757. The highest BCUT2D eigenvalue weighted by Crippen LogP contribution is 2.39. The molecule has 148 valence electrons. The Kier molecular flexibility index (Phi) is 5.62. The highest BCUT2D eigenvalue weighted by molar-refractivity contribution is 5.85. The summed E-state index contributed by atoms with van der Waals surface area (Å²) in [5.74, 6) is 1.01. The van der Waals surface area contributed by atoms with Crippen molar-refractivity contribution in [2.75, 3.05) is 0 Å². The highest BCUT2D eigenvalue weighted by Gasteiger charge is 2.19. The molecule has 0 atom stereocenters. The largest absolute Gasteiger partial charge is 0.519 e. The van der Waals surface area contributed by atoms with Crippen LogP contribution in [0.2, 0.25) is 0 Å². The quantitative estimate of drug-likeness (QED) is 0.271. The molecule has 0 radical (unpaired) electrons. The van der Waals surface area contributed by atoms with Crippen molar-refractivity contribution >= 4 is 6.16 Å². The van der Waals surface area contributed by atoms with Gasteiger partial charge in [-0.15, -0.1) is 0 Å². The zero-order valence-electron chi connectivity index (χ0n) is 17.0. The molecular weight excluding hydrogens is 372 g/mol. The second-order valence-corrected chi connectivity index (χ2v) is 7.09. The van der Waals surface area contributed by atoms with Gasteiger partial charge < -0.3 is 9.47 Å². The Morgan fingerprint density at radius 1 is 0.533 bits per heavy atom. The van der Waals surface area contributed by atoms with Crippen LogP contribution in [0.1, 0.15) is 11.1 Å². The first-order chi connectivity index (χ1) is 14.6. The van der Waals surface area contributed by atoms with Gasteiger partial charge in [0.25, 0.3) is 0 Å². The van der Waals surface area contributed by atoms with Crippen LogP contribution in [0, 0.1) is 13.8 Å². The average Bonchev–Trinajstić information content (AvgIpc) is 2.78. The maximum absolute atomic E-state index is 12.8. The molecule has 0 saturated carbocycles. The fourth-order valence-corrected chi connectivity index (χ4v) is 3.48. The fourth-order valence-electron chi connectivity index (χ4n) is 3.48. The molecule has 0 spiro atoms. The minimum atomic E-state index is -0.757. The van der Waals surface area contributed by atoms with E-state index >= 15 is 0 Å². The number of hydrogen-bond donors (Lipinski definition) is 0.